The third kappa shape index (κ3) is 3.79. The van der Waals surface area contributed by atoms with Crippen LogP contribution in [0.15, 0.2) is 34.8 Å². The summed E-state index contributed by atoms with van der Waals surface area (Å²) in [6.45, 7) is 6.57. The Hall–Kier alpha value is -0.560. The van der Waals surface area contributed by atoms with E-state index >= 15 is 0 Å². The molecule has 0 heterocycles. The molecule has 16 heavy (non-hydrogen) atoms. The third-order valence-corrected chi connectivity index (χ3v) is 3.60. The molecule has 0 amide bonds. The molecule has 0 aromatic heterocycles. The lowest BCUT2D eigenvalue weighted by Gasteiger charge is -2.15. The summed E-state index contributed by atoms with van der Waals surface area (Å²) in [4.78, 5) is 0. The summed E-state index contributed by atoms with van der Waals surface area (Å²) in [5.41, 5.74) is 2.75. The Morgan fingerprint density at radius 3 is 2.56 bits per heavy atom. The maximum atomic E-state index is 3.67. The van der Waals surface area contributed by atoms with Gasteiger partial charge in [0.25, 0.3) is 0 Å². The molecule has 0 N–H and O–H groups in total. The Kier molecular flexibility index (Phi) is 5.83. The van der Waals surface area contributed by atoms with Crippen LogP contribution in [0.5, 0.6) is 0 Å². The van der Waals surface area contributed by atoms with E-state index in [9.17, 15) is 0 Å². The van der Waals surface area contributed by atoms with Gasteiger partial charge in [-0.1, -0.05) is 54.1 Å². The topological polar surface area (TPSA) is 0 Å². The lowest BCUT2D eigenvalue weighted by molar-refractivity contribution is 0.670. The summed E-state index contributed by atoms with van der Waals surface area (Å²) in [5, 5.41) is 0. The van der Waals surface area contributed by atoms with E-state index in [0.29, 0.717) is 5.92 Å². The fraction of sp³-hybridized carbons (Fsp3) is 0.467. The van der Waals surface area contributed by atoms with E-state index in [-0.39, 0.29) is 0 Å². The molecule has 1 rings (SSSR count). The van der Waals surface area contributed by atoms with Gasteiger partial charge in [-0.05, 0) is 49.3 Å². The normalized spacial score (nSPS) is 13.2. The van der Waals surface area contributed by atoms with Crippen molar-refractivity contribution < 1.29 is 0 Å². The highest BCUT2D eigenvalue weighted by Crippen LogP contribution is 2.30. The SMILES string of the molecule is CC/C=C\CC(CC)c1ccc(C)cc1Br. The molecule has 0 bridgehead atoms. The number of benzene rings is 1. The van der Waals surface area contributed by atoms with Crippen molar-refractivity contribution >= 4 is 15.9 Å². The number of halogens is 1. The molecule has 0 saturated heterocycles. The molecule has 0 nitrogen and oxygen atoms in total. The highest BCUT2D eigenvalue weighted by atomic mass is 79.9. The Labute approximate surface area is 108 Å². The number of hydrogen-bond donors (Lipinski definition) is 0. The fourth-order valence-electron chi connectivity index (χ4n) is 1.90. The van der Waals surface area contributed by atoms with E-state index in [1.54, 1.807) is 0 Å². The molecule has 0 spiro atoms. The number of allylic oxidation sites excluding steroid dienone is 2. The van der Waals surface area contributed by atoms with Crippen molar-refractivity contribution in [2.75, 3.05) is 0 Å². The molecule has 0 aliphatic rings. The number of hydrogen-bond acceptors (Lipinski definition) is 0. The summed E-state index contributed by atoms with van der Waals surface area (Å²) in [5.74, 6) is 0.637. The molecule has 1 aromatic carbocycles. The van der Waals surface area contributed by atoms with Crippen molar-refractivity contribution in [1.82, 2.24) is 0 Å². The second-order valence-corrected chi connectivity index (χ2v) is 5.10. The van der Waals surface area contributed by atoms with Crippen LogP contribution in [0.1, 0.15) is 50.2 Å². The summed E-state index contributed by atoms with van der Waals surface area (Å²) < 4.78 is 1.25. The maximum absolute atomic E-state index is 3.67. The molecule has 0 aliphatic carbocycles. The van der Waals surface area contributed by atoms with Gasteiger partial charge in [-0.3, -0.25) is 0 Å². The van der Waals surface area contributed by atoms with E-state index in [4.69, 9.17) is 0 Å². The van der Waals surface area contributed by atoms with Crippen LogP contribution in [0.3, 0.4) is 0 Å². The Morgan fingerprint density at radius 2 is 2.00 bits per heavy atom. The molecule has 0 fully saturated rings. The second-order valence-electron chi connectivity index (χ2n) is 4.25. The van der Waals surface area contributed by atoms with Gasteiger partial charge in [0.05, 0.1) is 0 Å². The smallest absolute Gasteiger partial charge is 0.0212 e. The molecule has 1 heteroatoms. The van der Waals surface area contributed by atoms with E-state index in [1.807, 2.05) is 0 Å². The van der Waals surface area contributed by atoms with Crippen molar-refractivity contribution in [3.05, 3.63) is 46.0 Å². The van der Waals surface area contributed by atoms with Crippen LogP contribution >= 0.6 is 15.9 Å². The predicted molar refractivity (Wildman–Crippen MR) is 76.0 cm³/mol. The first-order valence-electron chi connectivity index (χ1n) is 6.10. The van der Waals surface area contributed by atoms with Crippen molar-refractivity contribution in [3.8, 4) is 0 Å². The minimum absolute atomic E-state index is 0.637. The zero-order valence-corrected chi connectivity index (χ0v) is 12.0. The summed E-state index contributed by atoms with van der Waals surface area (Å²) in [6, 6.07) is 6.67. The van der Waals surface area contributed by atoms with Crippen LogP contribution in [0.4, 0.5) is 0 Å². The van der Waals surface area contributed by atoms with Gasteiger partial charge in [-0.25, -0.2) is 0 Å². The van der Waals surface area contributed by atoms with Crippen LogP contribution in [0.2, 0.25) is 0 Å². The predicted octanol–water partition coefficient (Wildman–Crippen LogP) is 5.61. The van der Waals surface area contributed by atoms with Gasteiger partial charge in [0.2, 0.25) is 0 Å². The van der Waals surface area contributed by atoms with Crippen LogP contribution in [0, 0.1) is 6.92 Å². The van der Waals surface area contributed by atoms with E-state index in [1.165, 1.54) is 22.0 Å². The van der Waals surface area contributed by atoms with E-state index < -0.39 is 0 Å². The lowest BCUT2D eigenvalue weighted by Crippen LogP contribution is -1.97. The summed E-state index contributed by atoms with van der Waals surface area (Å²) in [7, 11) is 0. The van der Waals surface area contributed by atoms with Gasteiger partial charge in [0.1, 0.15) is 0 Å². The summed E-state index contributed by atoms with van der Waals surface area (Å²) >= 11 is 3.67. The molecular weight excluding hydrogens is 260 g/mol. The average molecular weight is 281 g/mol. The first-order valence-corrected chi connectivity index (χ1v) is 6.89. The van der Waals surface area contributed by atoms with Crippen molar-refractivity contribution in [3.63, 3.8) is 0 Å². The Morgan fingerprint density at radius 1 is 1.25 bits per heavy atom. The Bertz CT molecular complexity index is 352. The van der Waals surface area contributed by atoms with E-state index in [2.05, 4.69) is 67.1 Å². The van der Waals surface area contributed by atoms with Crippen LogP contribution < -0.4 is 0 Å². The molecule has 0 saturated carbocycles. The van der Waals surface area contributed by atoms with Crippen LogP contribution in [0.25, 0.3) is 0 Å². The number of aryl methyl sites for hydroxylation is 1. The van der Waals surface area contributed by atoms with E-state index in [0.717, 1.165) is 12.8 Å². The zero-order chi connectivity index (χ0) is 12.0. The highest BCUT2D eigenvalue weighted by molar-refractivity contribution is 9.10. The van der Waals surface area contributed by atoms with Gasteiger partial charge in [0, 0.05) is 4.47 Å². The molecular formula is C15H21Br. The molecule has 0 radical (unpaired) electrons. The second kappa shape index (κ2) is 6.90. The largest absolute Gasteiger partial charge is 0.0888 e. The van der Waals surface area contributed by atoms with Gasteiger partial charge < -0.3 is 0 Å². The van der Waals surface area contributed by atoms with Crippen LogP contribution in [-0.4, -0.2) is 0 Å². The minimum Gasteiger partial charge on any atom is -0.0888 e. The van der Waals surface area contributed by atoms with Crippen LogP contribution in [-0.2, 0) is 0 Å². The zero-order valence-electron chi connectivity index (χ0n) is 10.5. The monoisotopic (exact) mass is 280 g/mol. The summed E-state index contributed by atoms with van der Waals surface area (Å²) in [6.07, 6.45) is 8.03. The highest BCUT2D eigenvalue weighted by Gasteiger charge is 2.10. The molecule has 1 aromatic rings. The first-order chi connectivity index (χ1) is 7.69. The fourth-order valence-corrected chi connectivity index (χ4v) is 2.72. The quantitative estimate of drug-likeness (QED) is 0.615. The first kappa shape index (κ1) is 13.5. The number of rotatable bonds is 5. The average Bonchev–Trinajstić information content (AvgIpc) is 2.26. The molecule has 88 valence electrons. The Balaban J connectivity index is 2.82. The molecule has 1 atom stereocenters. The van der Waals surface area contributed by atoms with Crippen molar-refractivity contribution in [2.24, 2.45) is 0 Å². The standard InChI is InChI=1S/C15H21Br/c1-4-6-7-8-13(5-2)14-10-9-12(3)11-15(14)16/h6-7,9-11,13H,4-5,8H2,1-3H3/b7-6-. The molecule has 1 unspecified atom stereocenters. The molecule has 0 aliphatic heterocycles. The van der Waals surface area contributed by atoms with Crippen molar-refractivity contribution in [1.29, 1.82) is 0 Å². The van der Waals surface area contributed by atoms with Gasteiger partial charge in [0.15, 0.2) is 0 Å². The lowest BCUT2D eigenvalue weighted by atomic mass is 9.92. The van der Waals surface area contributed by atoms with Gasteiger partial charge >= 0.3 is 0 Å². The van der Waals surface area contributed by atoms with Crippen molar-refractivity contribution in [2.45, 2.75) is 46.0 Å². The van der Waals surface area contributed by atoms with Gasteiger partial charge in [-0.2, -0.15) is 0 Å². The minimum atomic E-state index is 0.637. The maximum Gasteiger partial charge on any atom is 0.0212 e. The van der Waals surface area contributed by atoms with Gasteiger partial charge in [-0.15, -0.1) is 0 Å². The third-order valence-electron chi connectivity index (χ3n) is 2.91.